The number of amides is 1. The van der Waals surface area contributed by atoms with E-state index in [-0.39, 0.29) is 5.91 Å². The highest BCUT2D eigenvalue weighted by atomic mass is 79.9. The molecule has 1 N–H and O–H groups in total. The molecule has 0 fully saturated rings. The number of anilines is 1. The summed E-state index contributed by atoms with van der Waals surface area (Å²) in [4.78, 5) is 12.5. The molecule has 23 heavy (non-hydrogen) atoms. The highest BCUT2D eigenvalue weighted by Crippen LogP contribution is 2.30. The van der Waals surface area contributed by atoms with Crippen LogP contribution in [0.25, 0.3) is 0 Å². The summed E-state index contributed by atoms with van der Waals surface area (Å²) in [5.74, 6) is 1.24. The van der Waals surface area contributed by atoms with Gasteiger partial charge in [0, 0.05) is 15.7 Å². The van der Waals surface area contributed by atoms with Crippen molar-refractivity contribution in [2.45, 2.75) is 19.8 Å². The van der Waals surface area contributed by atoms with Crippen molar-refractivity contribution >= 4 is 27.5 Å². The first-order valence-electron chi connectivity index (χ1n) is 7.29. The maximum atomic E-state index is 12.5. The van der Waals surface area contributed by atoms with E-state index in [0.29, 0.717) is 23.0 Å². The molecule has 0 unspecified atom stereocenters. The second kappa shape index (κ2) is 7.51. The molecule has 0 saturated carbocycles. The fourth-order valence-corrected chi connectivity index (χ4v) is 2.68. The Labute approximate surface area is 144 Å². The number of benzene rings is 2. The maximum absolute atomic E-state index is 12.5. The van der Waals surface area contributed by atoms with Crippen LogP contribution in [0.5, 0.6) is 11.5 Å². The first-order valence-corrected chi connectivity index (χ1v) is 8.08. The summed E-state index contributed by atoms with van der Waals surface area (Å²) in [7, 11) is 3.11. The molecule has 0 aromatic heterocycles. The van der Waals surface area contributed by atoms with Crippen LogP contribution in [0.15, 0.2) is 40.9 Å². The highest BCUT2D eigenvalue weighted by molar-refractivity contribution is 9.10. The number of methoxy groups -OCH3 is 2. The van der Waals surface area contributed by atoms with Crippen molar-refractivity contribution in [1.82, 2.24) is 0 Å². The molecule has 5 heteroatoms. The average Bonchev–Trinajstić information content (AvgIpc) is 2.55. The van der Waals surface area contributed by atoms with Gasteiger partial charge in [-0.1, -0.05) is 29.8 Å². The second-order valence-corrected chi connectivity index (χ2v) is 6.33. The molecule has 0 atom stereocenters. The van der Waals surface area contributed by atoms with Crippen LogP contribution in [0.2, 0.25) is 0 Å². The molecule has 0 aliphatic heterocycles. The predicted molar refractivity (Wildman–Crippen MR) is 95.7 cm³/mol. The van der Waals surface area contributed by atoms with Crippen molar-refractivity contribution in [3.05, 3.63) is 52.0 Å². The lowest BCUT2D eigenvalue weighted by Gasteiger charge is -2.15. The van der Waals surface area contributed by atoms with E-state index >= 15 is 0 Å². The first-order chi connectivity index (χ1) is 11.0. The minimum Gasteiger partial charge on any atom is -0.493 e. The summed E-state index contributed by atoms with van der Waals surface area (Å²) in [6.45, 7) is 4.18. The van der Waals surface area contributed by atoms with Crippen molar-refractivity contribution in [2.24, 2.45) is 0 Å². The summed E-state index contributed by atoms with van der Waals surface area (Å²) >= 11 is 3.47. The lowest BCUT2D eigenvalue weighted by molar-refractivity contribution is 0.102. The molecule has 0 aliphatic carbocycles. The largest absolute Gasteiger partial charge is 0.493 e. The van der Waals surface area contributed by atoms with Crippen LogP contribution in [-0.2, 0) is 0 Å². The minimum absolute atomic E-state index is 0.185. The number of halogens is 1. The van der Waals surface area contributed by atoms with E-state index in [4.69, 9.17) is 9.47 Å². The Morgan fingerprint density at radius 2 is 1.74 bits per heavy atom. The van der Waals surface area contributed by atoms with E-state index in [1.54, 1.807) is 32.4 Å². The van der Waals surface area contributed by atoms with E-state index in [1.165, 1.54) is 0 Å². The number of hydrogen-bond donors (Lipinski definition) is 1. The fourth-order valence-electron chi connectivity index (χ4n) is 2.30. The summed E-state index contributed by atoms with van der Waals surface area (Å²) in [5, 5.41) is 2.97. The maximum Gasteiger partial charge on any atom is 0.255 e. The van der Waals surface area contributed by atoms with Crippen LogP contribution < -0.4 is 14.8 Å². The summed E-state index contributed by atoms with van der Waals surface area (Å²) < 4.78 is 11.4. The smallest absolute Gasteiger partial charge is 0.255 e. The topological polar surface area (TPSA) is 47.6 Å². The van der Waals surface area contributed by atoms with Gasteiger partial charge in [0.2, 0.25) is 0 Å². The van der Waals surface area contributed by atoms with E-state index < -0.39 is 0 Å². The lowest BCUT2D eigenvalue weighted by atomic mass is 10.0. The molecular weight excluding hydrogens is 358 g/mol. The van der Waals surface area contributed by atoms with Gasteiger partial charge in [-0.3, -0.25) is 4.79 Å². The monoisotopic (exact) mass is 377 g/mol. The quantitative estimate of drug-likeness (QED) is 0.810. The Morgan fingerprint density at radius 1 is 1.04 bits per heavy atom. The summed E-state index contributed by atoms with van der Waals surface area (Å²) in [6, 6.07) is 10.9. The van der Waals surface area contributed by atoms with Gasteiger partial charge in [-0.05, 0) is 47.9 Å². The fraction of sp³-hybridized carbons (Fsp3) is 0.278. The van der Waals surface area contributed by atoms with Gasteiger partial charge in [0.25, 0.3) is 5.91 Å². The average molecular weight is 378 g/mol. The number of carbonyl (C=O) groups excluding carboxylic acids is 1. The zero-order valence-electron chi connectivity index (χ0n) is 13.6. The molecule has 4 nitrogen and oxygen atoms in total. The van der Waals surface area contributed by atoms with Crippen molar-refractivity contribution in [3.8, 4) is 11.5 Å². The lowest BCUT2D eigenvalue weighted by Crippen LogP contribution is -2.14. The third kappa shape index (κ3) is 4.05. The van der Waals surface area contributed by atoms with Gasteiger partial charge in [0.1, 0.15) is 0 Å². The van der Waals surface area contributed by atoms with Gasteiger partial charge < -0.3 is 14.8 Å². The van der Waals surface area contributed by atoms with Gasteiger partial charge in [-0.15, -0.1) is 0 Å². The molecular formula is C18H20BrNO3. The Balaban J connectivity index is 2.29. The van der Waals surface area contributed by atoms with Crippen LogP contribution in [0.1, 0.15) is 35.7 Å². The van der Waals surface area contributed by atoms with E-state index in [9.17, 15) is 4.79 Å². The van der Waals surface area contributed by atoms with Crippen LogP contribution >= 0.6 is 15.9 Å². The number of ether oxygens (including phenoxy) is 2. The van der Waals surface area contributed by atoms with E-state index in [2.05, 4.69) is 35.1 Å². The van der Waals surface area contributed by atoms with Crippen LogP contribution in [0.4, 0.5) is 5.69 Å². The molecule has 2 aromatic rings. The molecule has 0 spiro atoms. The molecule has 0 saturated heterocycles. The Bertz CT molecular complexity index is 713. The van der Waals surface area contributed by atoms with Crippen molar-refractivity contribution < 1.29 is 14.3 Å². The normalized spacial score (nSPS) is 10.5. The zero-order valence-corrected chi connectivity index (χ0v) is 15.2. The second-order valence-electron chi connectivity index (χ2n) is 5.41. The molecule has 0 heterocycles. The van der Waals surface area contributed by atoms with Gasteiger partial charge in [0.15, 0.2) is 11.5 Å². The van der Waals surface area contributed by atoms with Crippen molar-refractivity contribution in [3.63, 3.8) is 0 Å². The Morgan fingerprint density at radius 3 is 2.35 bits per heavy atom. The standard InChI is InChI=1S/C18H20BrNO3/c1-11(2)14-10-13(19)6-7-15(14)20-18(21)12-5-8-16(22-3)17(9-12)23-4/h5-11H,1-4H3,(H,20,21). The van der Waals surface area contributed by atoms with Crippen LogP contribution in [-0.4, -0.2) is 20.1 Å². The minimum atomic E-state index is -0.185. The van der Waals surface area contributed by atoms with E-state index in [1.807, 2.05) is 18.2 Å². The number of hydrogen-bond acceptors (Lipinski definition) is 3. The summed E-state index contributed by atoms with van der Waals surface area (Å²) in [5.41, 5.74) is 2.40. The van der Waals surface area contributed by atoms with Crippen LogP contribution in [0.3, 0.4) is 0 Å². The summed E-state index contributed by atoms with van der Waals surface area (Å²) in [6.07, 6.45) is 0. The molecule has 2 rings (SSSR count). The van der Waals surface area contributed by atoms with Gasteiger partial charge in [0.05, 0.1) is 14.2 Å². The van der Waals surface area contributed by atoms with Crippen molar-refractivity contribution in [2.75, 3.05) is 19.5 Å². The third-order valence-corrected chi connectivity index (χ3v) is 4.02. The van der Waals surface area contributed by atoms with Crippen LogP contribution in [0, 0.1) is 0 Å². The molecule has 0 aliphatic rings. The molecule has 0 bridgehead atoms. The van der Waals surface area contributed by atoms with Gasteiger partial charge in [-0.2, -0.15) is 0 Å². The Hall–Kier alpha value is -2.01. The van der Waals surface area contributed by atoms with Crippen molar-refractivity contribution in [1.29, 1.82) is 0 Å². The van der Waals surface area contributed by atoms with Gasteiger partial charge in [-0.25, -0.2) is 0 Å². The molecule has 2 aromatic carbocycles. The number of rotatable bonds is 5. The molecule has 1 amide bonds. The number of carbonyl (C=O) groups is 1. The third-order valence-electron chi connectivity index (χ3n) is 3.53. The Kier molecular flexibility index (Phi) is 5.66. The highest BCUT2D eigenvalue weighted by Gasteiger charge is 2.14. The first kappa shape index (κ1) is 17.3. The van der Waals surface area contributed by atoms with E-state index in [0.717, 1.165) is 15.7 Å². The zero-order chi connectivity index (χ0) is 17.0. The predicted octanol–water partition coefficient (Wildman–Crippen LogP) is 4.84. The van der Waals surface area contributed by atoms with Gasteiger partial charge >= 0.3 is 0 Å². The molecule has 122 valence electrons. The molecule has 0 radical (unpaired) electrons. The SMILES string of the molecule is COc1ccc(C(=O)Nc2ccc(Br)cc2C(C)C)cc1OC. The number of nitrogens with one attached hydrogen (secondary N) is 1.